The largest absolute Gasteiger partial charge is 0.457 e. The van der Waals surface area contributed by atoms with Crippen LogP contribution in [0.5, 0.6) is 17.2 Å². The summed E-state index contributed by atoms with van der Waals surface area (Å²) in [4.78, 5) is 4.39. The van der Waals surface area contributed by atoms with Crippen molar-refractivity contribution in [1.82, 2.24) is 0 Å². The molecule has 0 saturated carbocycles. The smallest absolute Gasteiger partial charge is 0.339 e. The first kappa shape index (κ1) is 22.9. The van der Waals surface area contributed by atoms with Gasteiger partial charge in [0.25, 0.3) is 0 Å². The van der Waals surface area contributed by atoms with Gasteiger partial charge in [-0.15, -0.1) is 0 Å². The van der Waals surface area contributed by atoms with E-state index in [9.17, 15) is 8.42 Å². The van der Waals surface area contributed by atoms with Crippen LogP contribution in [-0.2, 0) is 10.1 Å². The summed E-state index contributed by atoms with van der Waals surface area (Å²) in [5, 5.41) is 0.567. The Balaban J connectivity index is 1.43. The zero-order valence-electron chi connectivity index (χ0n) is 17.1. The second-order valence-corrected chi connectivity index (χ2v) is 9.24. The van der Waals surface area contributed by atoms with Crippen LogP contribution in [0.15, 0.2) is 107 Å². The van der Waals surface area contributed by atoms with Crippen molar-refractivity contribution in [3.63, 3.8) is 0 Å². The van der Waals surface area contributed by atoms with Crippen molar-refractivity contribution in [2.24, 2.45) is 4.99 Å². The van der Waals surface area contributed by atoms with Crippen LogP contribution in [0.25, 0.3) is 0 Å². The summed E-state index contributed by atoms with van der Waals surface area (Å²) in [7, 11) is -4.04. The third kappa shape index (κ3) is 6.14. The Hall–Kier alpha value is -3.32. The third-order valence-corrected chi connectivity index (χ3v) is 6.23. The molecule has 4 aromatic carbocycles. The van der Waals surface area contributed by atoms with Gasteiger partial charge >= 0.3 is 10.1 Å². The minimum Gasteiger partial charge on any atom is -0.457 e. The Morgan fingerprint density at radius 2 is 1.42 bits per heavy atom. The van der Waals surface area contributed by atoms with Crippen LogP contribution in [0, 0.1) is 0 Å². The van der Waals surface area contributed by atoms with Crippen molar-refractivity contribution in [1.29, 1.82) is 0 Å². The van der Waals surface area contributed by atoms with Gasteiger partial charge in [0.15, 0.2) is 5.75 Å². The number of hydrogen-bond acceptors (Lipinski definition) is 5. The van der Waals surface area contributed by atoms with Crippen LogP contribution in [0.3, 0.4) is 0 Å². The zero-order valence-corrected chi connectivity index (χ0v) is 19.4. The normalized spacial score (nSPS) is 11.5. The van der Waals surface area contributed by atoms with Gasteiger partial charge in [-0.1, -0.05) is 41.4 Å². The molecule has 8 heteroatoms. The molecule has 0 unspecified atom stereocenters. The molecule has 4 rings (SSSR count). The van der Waals surface area contributed by atoms with Crippen LogP contribution >= 0.6 is 23.2 Å². The SMILES string of the molecule is O=S(=O)(Oc1ccc(C=Nc2ccc(Oc3ccccc3)cc2)cc1Cl)c1ccc(Cl)cc1. The predicted molar refractivity (Wildman–Crippen MR) is 131 cm³/mol. The maximum atomic E-state index is 12.4. The number of benzene rings is 4. The second kappa shape index (κ2) is 10.1. The summed E-state index contributed by atoms with van der Waals surface area (Å²) in [6, 6.07) is 27.2. The molecule has 0 amide bonds. The molecule has 0 aliphatic carbocycles. The van der Waals surface area contributed by atoms with E-state index in [-0.39, 0.29) is 15.7 Å². The molecule has 0 spiro atoms. The monoisotopic (exact) mass is 497 g/mol. The Labute approximate surface area is 202 Å². The maximum Gasteiger partial charge on any atom is 0.339 e. The summed E-state index contributed by atoms with van der Waals surface area (Å²) in [6.45, 7) is 0. The molecule has 0 bridgehead atoms. The van der Waals surface area contributed by atoms with Crippen LogP contribution in [0.2, 0.25) is 10.0 Å². The maximum absolute atomic E-state index is 12.4. The van der Waals surface area contributed by atoms with E-state index in [0.29, 0.717) is 16.3 Å². The topological polar surface area (TPSA) is 65.0 Å². The van der Waals surface area contributed by atoms with Crippen LogP contribution in [0.1, 0.15) is 5.56 Å². The molecule has 0 saturated heterocycles. The molecule has 4 aromatic rings. The van der Waals surface area contributed by atoms with Gasteiger partial charge in [0.2, 0.25) is 0 Å². The van der Waals surface area contributed by atoms with Crippen molar-refractivity contribution in [3.05, 3.63) is 113 Å². The minimum atomic E-state index is -4.04. The Kier molecular flexibility index (Phi) is 6.99. The fourth-order valence-electron chi connectivity index (χ4n) is 2.81. The highest BCUT2D eigenvalue weighted by Crippen LogP contribution is 2.29. The van der Waals surface area contributed by atoms with Gasteiger partial charge in [-0.05, 0) is 84.4 Å². The lowest BCUT2D eigenvalue weighted by Crippen LogP contribution is -2.10. The summed E-state index contributed by atoms with van der Waals surface area (Å²) in [5.41, 5.74) is 1.40. The van der Waals surface area contributed by atoms with Crippen LogP contribution in [0.4, 0.5) is 5.69 Å². The first-order valence-electron chi connectivity index (χ1n) is 9.76. The van der Waals surface area contributed by atoms with E-state index in [4.69, 9.17) is 32.1 Å². The molecular formula is C25H17Cl2NO4S. The number of hydrogen-bond donors (Lipinski definition) is 0. The van der Waals surface area contributed by atoms with Crippen LogP contribution in [-0.4, -0.2) is 14.6 Å². The van der Waals surface area contributed by atoms with E-state index in [1.807, 2.05) is 54.6 Å². The van der Waals surface area contributed by atoms with Gasteiger partial charge in [0.1, 0.15) is 16.4 Å². The molecule has 0 heterocycles. The lowest BCUT2D eigenvalue weighted by atomic mass is 10.2. The van der Waals surface area contributed by atoms with E-state index in [2.05, 4.69) is 4.99 Å². The summed E-state index contributed by atoms with van der Waals surface area (Å²) < 4.78 is 35.8. The number of para-hydroxylation sites is 1. The molecule has 5 nitrogen and oxygen atoms in total. The van der Waals surface area contributed by atoms with E-state index in [1.165, 1.54) is 30.3 Å². The highest BCUT2D eigenvalue weighted by molar-refractivity contribution is 7.87. The van der Waals surface area contributed by atoms with Crippen molar-refractivity contribution >= 4 is 45.2 Å². The van der Waals surface area contributed by atoms with E-state index in [1.54, 1.807) is 18.3 Å². The van der Waals surface area contributed by atoms with E-state index >= 15 is 0 Å². The average molecular weight is 498 g/mol. The third-order valence-electron chi connectivity index (χ3n) is 4.44. The zero-order chi connectivity index (χ0) is 23.3. The van der Waals surface area contributed by atoms with Gasteiger partial charge in [-0.3, -0.25) is 4.99 Å². The lowest BCUT2D eigenvalue weighted by molar-refractivity contribution is 0.482. The molecular weight excluding hydrogens is 481 g/mol. The van der Waals surface area contributed by atoms with Crippen molar-refractivity contribution in [3.8, 4) is 17.2 Å². The summed E-state index contributed by atoms with van der Waals surface area (Å²) >= 11 is 12.0. The number of nitrogens with zero attached hydrogens (tertiary/aromatic N) is 1. The van der Waals surface area contributed by atoms with Gasteiger partial charge in [-0.25, -0.2) is 0 Å². The lowest BCUT2D eigenvalue weighted by Gasteiger charge is -2.09. The fourth-order valence-corrected chi connectivity index (χ4v) is 4.15. The first-order chi connectivity index (χ1) is 15.9. The number of halogens is 2. The standard InChI is InChI=1S/C25H17Cl2NO4S/c26-19-7-13-23(14-8-19)33(29,30)32-25-15-6-18(16-24(25)27)17-28-20-9-11-22(12-10-20)31-21-4-2-1-3-5-21/h1-17H. The average Bonchev–Trinajstić information content (AvgIpc) is 2.81. The number of rotatable bonds is 7. The summed E-state index contributed by atoms with van der Waals surface area (Å²) in [5.74, 6) is 1.47. The van der Waals surface area contributed by atoms with Gasteiger partial charge in [0, 0.05) is 11.2 Å². The molecule has 166 valence electrons. The molecule has 0 aliphatic heterocycles. The molecule has 33 heavy (non-hydrogen) atoms. The van der Waals surface area contributed by atoms with E-state index in [0.717, 1.165) is 11.4 Å². The van der Waals surface area contributed by atoms with Crippen molar-refractivity contribution in [2.75, 3.05) is 0 Å². The Morgan fingerprint density at radius 3 is 2.09 bits per heavy atom. The van der Waals surface area contributed by atoms with Gasteiger partial charge in [-0.2, -0.15) is 8.42 Å². The van der Waals surface area contributed by atoms with Gasteiger partial charge < -0.3 is 8.92 Å². The summed E-state index contributed by atoms with van der Waals surface area (Å²) in [6.07, 6.45) is 1.62. The molecule has 0 aliphatic rings. The van der Waals surface area contributed by atoms with Crippen molar-refractivity contribution in [2.45, 2.75) is 4.90 Å². The Bertz CT molecular complexity index is 1370. The molecule has 0 N–H and O–H groups in total. The first-order valence-corrected chi connectivity index (χ1v) is 11.9. The highest BCUT2D eigenvalue weighted by atomic mass is 35.5. The van der Waals surface area contributed by atoms with Gasteiger partial charge in [0.05, 0.1) is 10.7 Å². The van der Waals surface area contributed by atoms with Crippen LogP contribution < -0.4 is 8.92 Å². The minimum absolute atomic E-state index is 0.0196. The number of ether oxygens (including phenoxy) is 1. The molecule has 0 atom stereocenters. The quantitative estimate of drug-likeness (QED) is 0.198. The second-order valence-electron chi connectivity index (χ2n) is 6.85. The molecule has 0 fully saturated rings. The molecule has 0 aromatic heterocycles. The van der Waals surface area contributed by atoms with Crippen molar-refractivity contribution < 1.29 is 17.3 Å². The highest BCUT2D eigenvalue weighted by Gasteiger charge is 2.18. The van der Waals surface area contributed by atoms with E-state index < -0.39 is 10.1 Å². The Morgan fingerprint density at radius 1 is 0.758 bits per heavy atom. The fraction of sp³-hybridized carbons (Fsp3) is 0. The predicted octanol–water partition coefficient (Wildman–Crippen LogP) is 7.30. The number of aliphatic imine (C=N–C) groups is 1. The molecule has 0 radical (unpaired) electrons.